The van der Waals surface area contributed by atoms with Crippen LogP contribution in [-0.4, -0.2) is 9.97 Å². The maximum absolute atomic E-state index is 5.75. The maximum Gasteiger partial charge on any atom is 0.131 e. The fraction of sp³-hybridized carbons (Fsp3) is 0.167. The molecule has 0 amide bonds. The number of halogens is 1. The molecule has 5 heteroatoms. The smallest absolute Gasteiger partial charge is 0.131 e. The van der Waals surface area contributed by atoms with Crippen molar-refractivity contribution in [2.75, 3.05) is 5.73 Å². The summed E-state index contributed by atoms with van der Waals surface area (Å²) in [6.07, 6.45) is 0.786. The van der Waals surface area contributed by atoms with Crippen LogP contribution >= 0.6 is 27.7 Å². The van der Waals surface area contributed by atoms with Crippen molar-refractivity contribution in [1.82, 2.24) is 9.97 Å². The van der Waals surface area contributed by atoms with E-state index in [4.69, 9.17) is 5.73 Å². The topological polar surface area (TPSA) is 51.8 Å². The molecule has 0 bridgehead atoms. The Kier molecular flexibility index (Phi) is 4.02. The highest BCUT2D eigenvalue weighted by atomic mass is 79.9. The highest BCUT2D eigenvalue weighted by molar-refractivity contribution is 9.10. The third-order valence-corrected chi connectivity index (χ3v) is 4.08. The number of aromatic nitrogens is 2. The van der Waals surface area contributed by atoms with E-state index in [0.29, 0.717) is 5.82 Å². The zero-order valence-corrected chi connectivity index (χ0v) is 11.8. The summed E-state index contributed by atoms with van der Waals surface area (Å²) in [6.45, 7) is 2.02. The number of anilines is 1. The first kappa shape index (κ1) is 12.4. The molecule has 3 nitrogen and oxygen atoms in total. The van der Waals surface area contributed by atoms with Crippen molar-refractivity contribution in [3.05, 3.63) is 40.6 Å². The molecule has 0 atom stereocenters. The van der Waals surface area contributed by atoms with Crippen LogP contribution in [0.5, 0.6) is 0 Å². The molecular weight excluding hydrogens is 298 g/mol. The van der Waals surface area contributed by atoms with Gasteiger partial charge in [-0.15, -0.1) is 0 Å². The van der Waals surface area contributed by atoms with Crippen molar-refractivity contribution < 1.29 is 0 Å². The lowest BCUT2D eigenvalue weighted by Crippen LogP contribution is -1.99. The highest BCUT2D eigenvalue weighted by Crippen LogP contribution is 2.32. The molecule has 0 unspecified atom stereocenters. The minimum absolute atomic E-state index is 0.520. The van der Waals surface area contributed by atoms with E-state index in [9.17, 15) is 0 Å². The summed E-state index contributed by atoms with van der Waals surface area (Å²) in [5.41, 5.74) is 5.75. The molecule has 88 valence electrons. The summed E-state index contributed by atoms with van der Waals surface area (Å²) in [5, 5.41) is 0.876. The normalized spacial score (nSPS) is 10.5. The molecule has 0 saturated heterocycles. The van der Waals surface area contributed by atoms with E-state index in [1.165, 1.54) is 0 Å². The monoisotopic (exact) mass is 309 g/mol. The summed E-state index contributed by atoms with van der Waals surface area (Å²) in [6, 6.07) is 9.83. The van der Waals surface area contributed by atoms with Gasteiger partial charge in [-0.1, -0.05) is 30.8 Å². The van der Waals surface area contributed by atoms with Gasteiger partial charge in [0.15, 0.2) is 0 Å². The summed E-state index contributed by atoms with van der Waals surface area (Å²) in [7, 11) is 0. The van der Waals surface area contributed by atoms with E-state index in [-0.39, 0.29) is 0 Å². The molecule has 0 aliphatic heterocycles. The second kappa shape index (κ2) is 5.51. The third-order valence-electron chi connectivity index (χ3n) is 2.14. The van der Waals surface area contributed by atoms with Crippen LogP contribution in [0.4, 0.5) is 5.82 Å². The predicted molar refractivity (Wildman–Crippen MR) is 74.1 cm³/mol. The Morgan fingerprint density at radius 1 is 1.29 bits per heavy atom. The van der Waals surface area contributed by atoms with Crippen LogP contribution in [0, 0.1) is 0 Å². The first-order valence-electron chi connectivity index (χ1n) is 5.25. The van der Waals surface area contributed by atoms with Crippen LogP contribution < -0.4 is 5.73 Å². The van der Waals surface area contributed by atoms with Gasteiger partial charge in [-0.3, -0.25) is 0 Å². The van der Waals surface area contributed by atoms with E-state index < -0.39 is 0 Å². The first-order valence-corrected chi connectivity index (χ1v) is 6.86. The summed E-state index contributed by atoms with van der Waals surface area (Å²) < 4.78 is 1.06. The standard InChI is InChI=1S/C12H12BrN3S/c1-2-11-15-10(14)7-12(16-11)17-9-6-4-3-5-8(9)13/h3-7H,2H2,1H3,(H2,14,15,16). The molecule has 0 aliphatic rings. The third kappa shape index (κ3) is 3.20. The summed E-state index contributed by atoms with van der Waals surface area (Å²) in [4.78, 5) is 9.72. The molecule has 1 aromatic carbocycles. The largest absolute Gasteiger partial charge is 0.384 e. The molecule has 2 rings (SSSR count). The van der Waals surface area contributed by atoms with Gasteiger partial charge in [-0.2, -0.15) is 0 Å². The molecule has 0 radical (unpaired) electrons. The predicted octanol–water partition coefficient (Wildman–Crippen LogP) is 3.53. The second-order valence-corrected chi connectivity index (χ2v) is 5.35. The van der Waals surface area contributed by atoms with E-state index in [1.54, 1.807) is 17.8 Å². The lowest BCUT2D eigenvalue weighted by molar-refractivity contribution is 0.894. The molecule has 1 aromatic heterocycles. The SMILES string of the molecule is CCc1nc(N)cc(Sc2ccccc2Br)n1. The molecule has 0 fully saturated rings. The molecule has 17 heavy (non-hydrogen) atoms. The average Bonchev–Trinajstić information content (AvgIpc) is 2.31. The molecule has 0 saturated carbocycles. The maximum atomic E-state index is 5.75. The minimum atomic E-state index is 0.520. The number of nitrogen functional groups attached to an aromatic ring is 1. The van der Waals surface area contributed by atoms with Gasteiger partial charge in [0.2, 0.25) is 0 Å². The summed E-state index contributed by atoms with van der Waals surface area (Å²) >= 11 is 5.09. The van der Waals surface area contributed by atoms with Crippen molar-refractivity contribution in [2.24, 2.45) is 0 Å². The van der Waals surface area contributed by atoms with E-state index in [1.807, 2.05) is 31.2 Å². The van der Waals surface area contributed by atoms with Crippen molar-refractivity contribution in [3.8, 4) is 0 Å². The van der Waals surface area contributed by atoms with Crippen LogP contribution in [0.1, 0.15) is 12.7 Å². The Bertz CT molecular complexity index is 531. The zero-order valence-electron chi connectivity index (χ0n) is 9.35. The van der Waals surface area contributed by atoms with Crippen molar-refractivity contribution >= 4 is 33.5 Å². The number of nitrogens with zero attached hydrogens (tertiary/aromatic N) is 2. The molecular formula is C12H12BrN3S. The second-order valence-electron chi connectivity index (χ2n) is 3.43. The van der Waals surface area contributed by atoms with Crippen LogP contribution in [0.15, 0.2) is 44.7 Å². The van der Waals surface area contributed by atoms with Crippen molar-refractivity contribution in [3.63, 3.8) is 0 Å². The Morgan fingerprint density at radius 3 is 2.76 bits per heavy atom. The van der Waals surface area contributed by atoms with E-state index >= 15 is 0 Å². The van der Waals surface area contributed by atoms with Gasteiger partial charge >= 0.3 is 0 Å². The number of benzene rings is 1. The lowest BCUT2D eigenvalue weighted by atomic mass is 10.4. The molecule has 0 spiro atoms. The number of rotatable bonds is 3. The van der Waals surface area contributed by atoms with Gasteiger partial charge in [0, 0.05) is 21.9 Å². The fourth-order valence-corrected chi connectivity index (χ4v) is 2.74. The average molecular weight is 310 g/mol. The number of hydrogen-bond acceptors (Lipinski definition) is 4. The lowest BCUT2D eigenvalue weighted by Gasteiger charge is -2.05. The van der Waals surface area contributed by atoms with Crippen LogP contribution in [0.2, 0.25) is 0 Å². The number of aryl methyl sites for hydroxylation is 1. The fourth-order valence-electron chi connectivity index (χ4n) is 1.34. The Labute approximate surface area is 113 Å². The quantitative estimate of drug-likeness (QED) is 0.881. The molecule has 2 aromatic rings. The van der Waals surface area contributed by atoms with Crippen LogP contribution in [-0.2, 0) is 6.42 Å². The molecule has 1 heterocycles. The Balaban J connectivity index is 2.30. The van der Waals surface area contributed by atoms with Gasteiger partial charge < -0.3 is 5.73 Å². The van der Waals surface area contributed by atoms with E-state index in [0.717, 1.165) is 26.6 Å². The van der Waals surface area contributed by atoms with Crippen LogP contribution in [0.3, 0.4) is 0 Å². The van der Waals surface area contributed by atoms with Crippen LogP contribution in [0.25, 0.3) is 0 Å². The summed E-state index contributed by atoms with van der Waals surface area (Å²) in [5.74, 6) is 1.30. The Morgan fingerprint density at radius 2 is 2.06 bits per heavy atom. The first-order chi connectivity index (χ1) is 8.19. The Hall–Kier alpha value is -1.07. The van der Waals surface area contributed by atoms with Gasteiger partial charge in [-0.25, -0.2) is 9.97 Å². The van der Waals surface area contributed by atoms with Gasteiger partial charge in [0.05, 0.1) is 0 Å². The zero-order chi connectivity index (χ0) is 12.3. The van der Waals surface area contributed by atoms with Gasteiger partial charge in [0.1, 0.15) is 16.7 Å². The molecule has 2 N–H and O–H groups in total. The highest BCUT2D eigenvalue weighted by Gasteiger charge is 2.05. The van der Waals surface area contributed by atoms with Gasteiger partial charge in [0.25, 0.3) is 0 Å². The minimum Gasteiger partial charge on any atom is -0.384 e. The number of nitrogens with two attached hydrogens (primary N) is 1. The van der Waals surface area contributed by atoms with Gasteiger partial charge in [-0.05, 0) is 28.1 Å². The number of hydrogen-bond donors (Lipinski definition) is 1. The van der Waals surface area contributed by atoms with E-state index in [2.05, 4.69) is 25.9 Å². The van der Waals surface area contributed by atoms with Crippen molar-refractivity contribution in [1.29, 1.82) is 0 Å². The van der Waals surface area contributed by atoms with Crippen molar-refractivity contribution in [2.45, 2.75) is 23.3 Å². The molecule has 0 aliphatic carbocycles.